The van der Waals surface area contributed by atoms with E-state index in [4.69, 9.17) is 14.2 Å². The molecule has 5 nitrogen and oxygen atoms in total. The van der Waals surface area contributed by atoms with Gasteiger partial charge in [0.25, 0.3) is 0 Å². The van der Waals surface area contributed by atoms with Crippen molar-refractivity contribution in [1.82, 2.24) is 0 Å². The van der Waals surface area contributed by atoms with Gasteiger partial charge in [-0.3, -0.25) is 9.59 Å². The molecule has 1 atom stereocenters. The third kappa shape index (κ3) is 55.2. The highest BCUT2D eigenvalue weighted by Gasteiger charge is 2.17. The van der Waals surface area contributed by atoms with Crippen molar-refractivity contribution in [2.75, 3.05) is 19.8 Å². The number of ether oxygens (including phenoxy) is 3. The molecule has 0 fully saturated rings. The van der Waals surface area contributed by atoms with Crippen LogP contribution in [0.3, 0.4) is 0 Å². The molecule has 0 rings (SSSR count). The molecule has 0 saturated heterocycles. The maximum atomic E-state index is 12.9. The van der Waals surface area contributed by atoms with Crippen LogP contribution >= 0.6 is 0 Å². The Bertz CT molecular complexity index is 1340. The molecule has 68 heavy (non-hydrogen) atoms. The zero-order chi connectivity index (χ0) is 49.2. The molecule has 0 aromatic rings. The summed E-state index contributed by atoms with van der Waals surface area (Å²) < 4.78 is 17.4. The SMILES string of the molecule is CC/C=C\C/C=C\C/C=C\C/C=C\CCCCCCCCC(=O)OCC(COCCCCCCCC/C=C\C/C=C\CCC)OC(=O)CCCCCCCC/C=C\C/C=C\C/C=C\CCCCC. The Balaban J connectivity index is 4.35. The number of hydrogen-bond donors (Lipinski definition) is 0. The first-order valence-electron chi connectivity index (χ1n) is 28.4. The van der Waals surface area contributed by atoms with E-state index in [0.29, 0.717) is 19.4 Å². The number of unbranched alkanes of at least 4 members (excludes halogenated alkanes) is 22. The Kier molecular flexibility index (Phi) is 54.9. The zero-order valence-electron chi connectivity index (χ0n) is 44.6. The van der Waals surface area contributed by atoms with Crippen LogP contribution in [-0.2, 0) is 23.8 Å². The van der Waals surface area contributed by atoms with E-state index in [0.717, 1.165) is 109 Å². The van der Waals surface area contributed by atoms with E-state index < -0.39 is 6.10 Å². The summed E-state index contributed by atoms with van der Waals surface area (Å²) in [5.74, 6) is -0.435. The fraction of sp³-hybridized carbons (Fsp3) is 0.683. The number of carbonyl (C=O) groups excluding carboxylic acids is 2. The van der Waals surface area contributed by atoms with Crippen molar-refractivity contribution < 1.29 is 23.8 Å². The van der Waals surface area contributed by atoms with Gasteiger partial charge in [0.05, 0.1) is 6.61 Å². The van der Waals surface area contributed by atoms with E-state index in [1.165, 1.54) is 109 Å². The number of esters is 2. The first-order valence-corrected chi connectivity index (χ1v) is 28.4. The molecule has 0 saturated carbocycles. The van der Waals surface area contributed by atoms with Gasteiger partial charge in [0.1, 0.15) is 6.61 Å². The van der Waals surface area contributed by atoms with E-state index in [9.17, 15) is 9.59 Å². The van der Waals surface area contributed by atoms with Crippen LogP contribution in [0.5, 0.6) is 0 Å². The summed E-state index contributed by atoms with van der Waals surface area (Å²) in [6.45, 7) is 7.58. The highest BCUT2D eigenvalue weighted by Crippen LogP contribution is 2.14. The number of hydrogen-bond acceptors (Lipinski definition) is 5. The molecule has 0 amide bonds. The molecule has 0 aliphatic carbocycles. The lowest BCUT2D eigenvalue weighted by atomic mass is 10.1. The topological polar surface area (TPSA) is 61.8 Å². The van der Waals surface area contributed by atoms with Crippen molar-refractivity contribution in [2.24, 2.45) is 0 Å². The summed E-state index contributed by atoms with van der Waals surface area (Å²) in [6.07, 6.45) is 79.6. The third-order valence-corrected chi connectivity index (χ3v) is 11.7. The summed E-state index contributed by atoms with van der Waals surface area (Å²) in [6, 6.07) is 0. The second-order valence-electron chi connectivity index (χ2n) is 18.4. The molecule has 0 aliphatic heterocycles. The molecule has 0 aromatic carbocycles. The van der Waals surface area contributed by atoms with Gasteiger partial charge in [0, 0.05) is 19.4 Å². The number of allylic oxidation sites excluding steroid dienone is 18. The lowest BCUT2D eigenvalue weighted by molar-refractivity contribution is -0.163. The Labute approximate surface area is 421 Å². The minimum atomic E-state index is -0.562. The van der Waals surface area contributed by atoms with E-state index >= 15 is 0 Å². The van der Waals surface area contributed by atoms with Crippen LogP contribution in [0.2, 0.25) is 0 Å². The molecule has 1 unspecified atom stereocenters. The smallest absolute Gasteiger partial charge is 0.306 e. The van der Waals surface area contributed by atoms with E-state index in [1.54, 1.807) is 0 Å². The van der Waals surface area contributed by atoms with Crippen LogP contribution in [0.25, 0.3) is 0 Å². The van der Waals surface area contributed by atoms with Gasteiger partial charge < -0.3 is 14.2 Å². The summed E-state index contributed by atoms with van der Waals surface area (Å²) >= 11 is 0. The Hall–Kier alpha value is -3.44. The Morgan fingerprint density at radius 2 is 0.691 bits per heavy atom. The molecule has 0 spiro atoms. The van der Waals surface area contributed by atoms with Crippen molar-refractivity contribution in [3.05, 3.63) is 109 Å². The van der Waals surface area contributed by atoms with Gasteiger partial charge in [-0.2, -0.15) is 0 Å². The summed E-state index contributed by atoms with van der Waals surface area (Å²) in [4.78, 5) is 25.5. The van der Waals surface area contributed by atoms with Crippen molar-refractivity contribution in [3.8, 4) is 0 Å². The standard InChI is InChI=1S/C63H106O5/c1-4-7-10-13-16-19-22-25-28-30-32-34-36-38-41-44-47-50-53-56-62(64)67-60-61(59-66-58-55-52-49-46-43-40-27-24-21-18-15-12-9-6-3)68-63(65)57-54-51-48-45-42-39-37-35-33-31-29-26-23-20-17-14-11-8-5-2/h7,10,12,15-17,19-21,24-26,28-29,32-35,61H,4-6,8-9,11,13-14,18,22-23,27,30-31,36-60H2,1-3H3/b10-7-,15-12-,19-16-,20-17-,24-21-,28-25-,29-26-,34-32-,35-33-. The van der Waals surface area contributed by atoms with Crippen LogP contribution < -0.4 is 0 Å². The maximum Gasteiger partial charge on any atom is 0.306 e. The quantitative estimate of drug-likeness (QED) is 0.0345. The summed E-state index contributed by atoms with van der Waals surface area (Å²) in [5, 5.41) is 0. The predicted molar refractivity (Wildman–Crippen MR) is 297 cm³/mol. The minimum absolute atomic E-state index is 0.0621. The first kappa shape index (κ1) is 64.6. The van der Waals surface area contributed by atoms with E-state index in [2.05, 4.69) is 130 Å². The largest absolute Gasteiger partial charge is 0.462 e. The van der Waals surface area contributed by atoms with Gasteiger partial charge in [0.2, 0.25) is 0 Å². The Morgan fingerprint density at radius 3 is 1.12 bits per heavy atom. The number of carbonyl (C=O) groups is 2. The molecule has 388 valence electrons. The average molecular weight is 944 g/mol. The minimum Gasteiger partial charge on any atom is -0.462 e. The maximum absolute atomic E-state index is 12.9. The summed E-state index contributed by atoms with van der Waals surface area (Å²) in [5.41, 5.74) is 0. The second-order valence-corrected chi connectivity index (χ2v) is 18.4. The van der Waals surface area contributed by atoms with Crippen LogP contribution in [0, 0.1) is 0 Å². The predicted octanol–water partition coefficient (Wildman–Crippen LogP) is 19.6. The highest BCUT2D eigenvalue weighted by molar-refractivity contribution is 5.70. The fourth-order valence-electron chi connectivity index (χ4n) is 7.55. The summed E-state index contributed by atoms with van der Waals surface area (Å²) in [7, 11) is 0. The van der Waals surface area contributed by atoms with Gasteiger partial charge in [-0.05, 0) is 122 Å². The molecular formula is C63H106O5. The molecule has 0 bridgehead atoms. The normalized spacial score (nSPS) is 13.0. The van der Waals surface area contributed by atoms with Crippen LogP contribution in [-0.4, -0.2) is 37.9 Å². The highest BCUT2D eigenvalue weighted by atomic mass is 16.6. The van der Waals surface area contributed by atoms with Crippen LogP contribution in [0.15, 0.2) is 109 Å². The van der Waals surface area contributed by atoms with Crippen molar-refractivity contribution >= 4 is 11.9 Å². The number of rotatable bonds is 51. The van der Waals surface area contributed by atoms with Crippen LogP contribution in [0.1, 0.15) is 252 Å². The fourth-order valence-corrected chi connectivity index (χ4v) is 7.55. The monoisotopic (exact) mass is 943 g/mol. The molecule has 0 radical (unpaired) electrons. The average Bonchev–Trinajstić information content (AvgIpc) is 3.34. The molecule has 0 heterocycles. The van der Waals surface area contributed by atoms with Crippen molar-refractivity contribution in [1.29, 1.82) is 0 Å². The van der Waals surface area contributed by atoms with E-state index in [1.807, 2.05) is 0 Å². The molecule has 0 aromatic heterocycles. The third-order valence-electron chi connectivity index (χ3n) is 11.7. The lowest BCUT2D eigenvalue weighted by Crippen LogP contribution is -2.30. The lowest BCUT2D eigenvalue weighted by Gasteiger charge is -2.18. The van der Waals surface area contributed by atoms with Gasteiger partial charge >= 0.3 is 11.9 Å². The molecule has 0 N–H and O–H groups in total. The van der Waals surface area contributed by atoms with Gasteiger partial charge in [0.15, 0.2) is 6.10 Å². The van der Waals surface area contributed by atoms with Gasteiger partial charge in [-0.15, -0.1) is 0 Å². The Morgan fingerprint density at radius 1 is 0.338 bits per heavy atom. The first-order chi connectivity index (χ1) is 33.6. The van der Waals surface area contributed by atoms with Gasteiger partial charge in [-0.25, -0.2) is 0 Å². The van der Waals surface area contributed by atoms with Crippen LogP contribution in [0.4, 0.5) is 0 Å². The second kappa shape index (κ2) is 57.9. The van der Waals surface area contributed by atoms with E-state index in [-0.39, 0.29) is 25.2 Å². The van der Waals surface area contributed by atoms with Crippen molar-refractivity contribution in [2.45, 2.75) is 258 Å². The van der Waals surface area contributed by atoms with Crippen molar-refractivity contribution in [3.63, 3.8) is 0 Å². The molecular weight excluding hydrogens is 837 g/mol. The molecule has 0 aliphatic rings. The van der Waals surface area contributed by atoms with Gasteiger partial charge in [-0.1, -0.05) is 226 Å². The zero-order valence-corrected chi connectivity index (χ0v) is 44.6. The molecule has 5 heteroatoms.